The van der Waals surface area contributed by atoms with Gasteiger partial charge in [-0.05, 0) is 73.7 Å². The number of carboxylic acids is 1. The highest BCUT2D eigenvalue weighted by Gasteiger charge is 2.46. The monoisotopic (exact) mass is 647 g/mol. The van der Waals surface area contributed by atoms with E-state index in [4.69, 9.17) is 20.3 Å². The van der Waals surface area contributed by atoms with E-state index in [9.17, 15) is 26.4 Å². The minimum absolute atomic E-state index is 0.0350. The summed E-state index contributed by atoms with van der Waals surface area (Å²) in [5.41, 5.74) is 4.41. The molecule has 0 radical (unpaired) electrons. The number of rotatable bonds is 9. The number of benzene rings is 2. The van der Waals surface area contributed by atoms with Crippen LogP contribution in [0.5, 0.6) is 11.5 Å². The van der Waals surface area contributed by atoms with Crippen molar-refractivity contribution in [3.63, 3.8) is 0 Å². The number of halogens is 3. The van der Waals surface area contributed by atoms with Crippen molar-refractivity contribution >= 4 is 27.6 Å². The first-order valence-electron chi connectivity index (χ1n) is 14.6. The van der Waals surface area contributed by atoms with E-state index < -0.39 is 26.2 Å². The van der Waals surface area contributed by atoms with E-state index in [0.29, 0.717) is 38.0 Å². The van der Waals surface area contributed by atoms with E-state index in [2.05, 4.69) is 19.8 Å². The Balaban J connectivity index is 1.09. The molecule has 2 fully saturated rings. The Kier molecular flexibility index (Phi) is 8.35. The molecule has 15 heteroatoms. The van der Waals surface area contributed by atoms with Gasteiger partial charge in [-0.1, -0.05) is 0 Å². The summed E-state index contributed by atoms with van der Waals surface area (Å²) in [7, 11) is -5.44. The standard InChI is InChI=1S/C30H32F3N5O6S/c31-30(32,33)45(41,42)23-5-2-20(3-6-23)44-21-4-8-24-18(15-21)1-7-25-26(24)35-29(34)36-27(25)38-11-9-37(10-12-38)13-14-43-22-16-19(17-22)28(39)40/h2-6,8,15,19,22H,1,7,9-14,16-17H2,(H,39,40)(H2,34,35,36). The lowest BCUT2D eigenvalue weighted by Gasteiger charge is -2.38. The molecule has 45 heavy (non-hydrogen) atoms. The first kappa shape index (κ1) is 31.0. The maximum absolute atomic E-state index is 12.8. The molecule has 0 spiro atoms. The van der Waals surface area contributed by atoms with Crippen molar-refractivity contribution in [2.45, 2.75) is 42.2 Å². The molecular weight excluding hydrogens is 615 g/mol. The molecule has 3 aliphatic rings. The molecule has 11 nitrogen and oxygen atoms in total. The number of nitrogens with two attached hydrogens (primary N) is 1. The molecular formula is C30H32F3N5O6S. The van der Waals surface area contributed by atoms with Gasteiger partial charge in [0.1, 0.15) is 17.3 Å². The summed E-state index contributed by atoms with van der Waals surface area (Å²) in [6, 6.07) is 9.53. The van der Waals surface area contributed by atoms with Gasteiger partial charge in [-0.15, -0.1) is 0 Å². The summed E-state index contributed by atoms with van der Waals surface area (Å²) >= 11 is 0. The van der Waals surface area contributed by atoms with Crippen LogP contribution in [0.2, 0.25) is 0 Å². The summed E-state index contributed by atoms with van der Waals surface area (Å²) in [5.74, 6) is 0.603. The highest BCUT2D eigenvalue weighted by molar-refractivity contribution is 7.92. The van der Waals surface area contributed by atoms with E-state index in [0.717, 1.165) is 73.1 Å². The summed E-state index contributed by atoms with van der Waals surface area (Å²) < 4.78 is 73.5. The van der Waals surface area contributed by atoms with Crippen molar-refractivity contribution in [3.05, 3.63) is 53.6 Å². The van der Waals surface area contributed by atoms with Crippen LogP contribution < -0.4 is 15.4 Å². The molecule has 6 rings (SSSR count). The summed E-state index contributed by atoms with van der Waals surface area (Å²) in [6.45, 7) is 4.52. The van der Waals surface area contributed by atoms with Gasteiger partial charge in [0.15, 0.2) is 0 Å². The van der Waals surface area contributed by atoms with Crippen LogP contribution in [0.3, 0.4) is 0 Å². The number of hydrogen-bond acceptors (Lipinski definition) is 10. The van der Waals surface area contributed by atoms with Crippen molar-refractivity contribution in [2.75, 3.05) is 50.0 Å². The molecule has 1 saturated heterocycles. The van der Waals surface area contributed by atoms with E-state index in [1.165, 1.54) is 12.1 Å². The van der Waals surface area contributed by atoms with E-state index in [-0.39, 0.29) is 23.7 Å². The number of alkyl halides is 3. The van der Waals surface area contributed by atoms with Crippen molar-refractivity contribution in [1.82, 2.24) is 14.9 Å². The average molecular weight is 648 g/mol. The second-order valence-corrected chi connectivity index (χ2v) is 13.3. The molecule has 2 aliphatic carbocycles. The predicted molar refractivity (Wildman–Crippen MR) is 158 cm³/mol. The van der Waals surface area contributed by atoms with Crippen molar-refractivity contribution < 1.29 is 41.0 Å². The molecule has 240 valence electrons. The van der Waals surface area contributed by atoms with E-state index in [1.54, 1.807) is 6.07 Å². The number of anilines is 2. The molecule has 3 aromatic rings. The predicted octanol–water partition coefficient (Wildman–Crippen LogP) is 3.91. The highest BCUT2D eigenvalue weighted by Crippen LogP contribution is 2.39. The number of sulfone groups is 1. The highest BCUT2D eigenvalue weighted by atomic mass is 32.2. The minimum Gasteiger partial charge on any atom is -0.481 e. The number of nitrogens with zero attached hydrogens (tertiary/aromatic N) is 4. The summed E-state index contributed by atoms with van der Waals surface area (Å²) in [5, 5.41) is 9.01. The number of nitrogen functional groups attached to an aromatic ring is 1. The van der Waals surface area contributed by atoms with Crippen LogP contribution >= 0.6 is 0 Å². The molecule has 1 saturated carbocycles. The van der Waals surface area contributed by atoms with Gasteiger partial charge in [0.25, 0.3) is 9.84 Å². The fourth-order valence-electron chi connectivity index (χ4n) is 5.93. The van der Waals surface area contributed by atoms with E-state index in [1.807, 2.05) is 12.1 Å². The number of carbonyl (C=O) groups is 1. The lowest BCUT2D eigenvalue weighted by Crippen LogP contribution is -2.48. The molecule has 1 aliphatic heterocycles. The van der Waals surface area contributed by atoms with Gasteiger partial charge in [-0.3, -0.25) is 9.69 Å². The van der Waals surface area contributed by atoms with E-state index >= 15 is 0 Å². The van der Waals surface area contributed by atoms with Crippen LogP contribution in [-0.2, 0) is 32.2 Å². The zero-order chi connectivity index (χ0) is 31.9. The van der Waals surface area contributed by atoms with Crippen LogP contribution in [0.1, 0.15) is 24.0 Å². The van der Waals surface area contributed by atoms with Crippen LogP contribution in [0, 0.1) is 5.92 Å². The molecule has 0 amide bonds. The van der Waals surface area contributed by atoms with Crippen LogP contribution in [0.15, 0.2) is 47.4 Å². The topological polar surface area (TPSA) is 148 Å². The van der Waals surface area contributed by atoms with Crippen LogP contribution in [0.4, 0.5) is 24.9 Å². The van der Waals surface area contributed by atoms with Gasteiger partial charge in [0.2, 0.25) is 5.95 Å². The smallest absolute Gasteiger partial charge is 0.481 e. The minimum atomic E-state index is -5.44. The Morgan fingerprint density at radius 1 is 1.00 bits per heavy atom. The van der Waals surface area contributed by atoms with Gasteiger partial charge >= 0.3 is 11.5 Å². The third kappa shape index (κ3) is 6.42. The average Bonchev–Trinajstić information content (AvgIpc) is 2.97. The molecule has 2 heterocycles. The largest absolute Gasteiger partial charge is 0.501 e. The van der Waals surface area contributed by atoms with Gasteiger partial charge in [-0.25, -0.2) is 13.4 Å². The van der Waals surface area contributed by atoms with Crippen molar-refractivity contribution in [1.29, 1.82) is 0 Å². The number of aryl methyl sites for hydroxylation is 1. The Hall–Kier alpha value is -3.95. The Morgan fingerprint density at radius 3 is 2.36 bits per heavy atom. The number of piperazine rings is 1. The van der Waals surface area contributed by atoms with Crippen molar-refractivity contribution in [3.8, 4) is 22.8 Å². The Bertz CT molecular complexity index is 1690. The zero-order valence-electron chi connectivity index (χ0n) is 24.2. The molecule has 0 bridgehead atoms. The van der Waals surface area contributed by atoms with Crippen LogP contribution in [0.25, 0.3) is 11.3 Å². The lowest BCUT2D eigenvalue weighted by molar-refractivity contribution is -0.151. The fraction of sp³-hybridized carbons (Fsp3) is 0.433. The first-order valence-corrected chi connectivity index (χ1v) is 16.1. The lowest BCUT2D eigenvalue weighted by atomic mass is 9.82. The third-order valence-corrected chi connectivity index (χ3v) is 10.0. The van der Waals surface area contributed by atoms with Gasteiger partial charge < -0.3 is 25.2 Å². The second kappa shape index (κ2) is 12.1. The third-order valence-electron chi connectivity index (χ3n) is 8.53. The van der Waals surface area contributed by atoms with Crippen molar-refractivity contribution in [2.24, 2.45) is 5.92 Å². The number of ether oxygens (including phenoxy) is 2. The molecule has 3 N–H and O–H groups in total. The second-order valence-electron chi connectivity index (χ2n) is 11.4. The SMILES string of the molecule is Nc1nc2c(c(N3CCN(CCOC4CC(C(=O)O)C4)CC3)n1)CCc1cc(Oc3ccc(S(=O)(=O)C(F)(F)F)cc3)ccc1-2. The fourth-order valence-corrected chi connectivity index (χ4v) is 6.69. The number of carboxylic acid groups (broad SMARTS) is 1. The zero-order valence-corrected chi connectivity index (χ0v) is 25.0. The normalized spacial score (nSPS) is 20.2. The quantitative estimate of drug-likeness (QED) is 0.348. The number of hydrogen-bond donors (Lipinski definition) is 2. The molecule has 0 unspecified atom stereocenters. The van der Waals surface area contributed by atoms with Gasteiger partial charge in [0, 0.05) is 43.9 Å². The van der Waals surface area contributed by atoms with Crippen LogP contribution in [-0.4, -0.2) is 85.3 Å². The molecule has 1 aromatic heterocycles. The Morgan fingerprint density at radius 2 is 1.69 bits per heavy atom. The summed E-state index contributed by atoms with van der Waals surface area (Å²) in [4.78, 5) is 23.8. The number of aliphatic carboxylic acids is 1. The van der Waals surface area contributed by atoms with Gasteiger partial charge in [-0.2, -0.15) is 18.2 Å². The molecule has 2 aromatic carbocycles. The maximum atomic E-state index is 12.8. The number of fused-ring (bicyclic) bond motifs is 3. The summed E-state index contributed by atoms with van der Waals surface area (Å²) in [6.07, 6.45) is 2.56. The first-order chi connectivity index (χ1) is 21.4. The molecule has 0 atom stereocenters. The number of aromatic nitrogens is 2. The maximum Gasteiger partial charge on any atom is 0.501 e. The van der Waals surface area contributed by atoms with Gasteiger partial charge in [0.05, 0.1) is 29.2 Å². The Labute approximate surface area is 257 Å².